The number of rotatable bonds is 5. The van der Waals surface area contributed by atoms with Crippen LogP contribution in [0.3, 0.4) is 0 Å². The van der Waals surface area contributed by atoms with Gasteiger partial charge < -0.3 is 5.32 Å². The van der Waals surface area contributed by atoms with E-state index < -0.39 is 21.8 Å². The molecule has 2 aromatic heterocycles. The summed E-state index contributed by atoms with van der Waals surface area (Å²) in [5.74, 6) is 1.60. The zero-order valence-electron chi connectivity index (χ0n) is 17.3. The van der Waals surface area contributed by atoms with Gasteiger partial charge >= 0.3 is 6.18 Å². The molecule has 0 radical (unpaired) electrons. The van der Waals surface area contributed by atoms with Gasteiger partial charge in [0, 0.05) is 23.1 Å². The number of fused-ring (bicyclic) bond motifs is 1. The molecule has 2 heterocycles. The Morgan fingerprint density at radius 2 is 1.52 bits per heavy atom. The minimum Gasteiger partial charge on any atom is -0.340 e. The summed E-state index contributed by atoms with van der Waals surface area (Å²) in [6, 6.07) is 11.4. The molecule has 174 valence electrons. The molecule has 0 aliphatic rings. The summed E-state index contributed by atoms with van der Waals surface area (Å²) in [6.07, 6.45) is -4.50. The van der Waals surface area contributed by atoms with Crippen molar-refractivity contribution in [2.24, 2.45) is 0 Å². The summed E-state index contributed by atoms with van der Waals surface area (Å²) >= 11 is 0. The monoisotopic (exact) mass is 498 g/mol. The van der Waals surface area contributed by atoms with Gasteiger partial charge in [-0.05, 0) is 62.4 Å². The van der Waals surface area contributed by atoms with Gasteiger partial charge in [-0.2, -0.15) is 22.7 Å². The normalized spacial score (nSPS) is 11.8. The van der Waals surface area contributed by atoms with E-state index in [0.29, 0.717) is 23.1 Å². The Balaban J connectivity index is 0.00000306. The topological polar surface area (TPSA) is 101 Å². The van der Waals surface area contributed by atoms with Crippen LogP contribution in [0.2, 0.25) is 0 Å². The zero-order valence-corrected chi connectivity index (χ0v) is 18.9. The summed E-state index contributed by atoms with van der Waals surface area (Å²) < 4.78 is 67.0. The van der Waals surface area contributed by atoms with E-state index >= 15 is 0 Å². The molecule has 0 aliphatic carbocycles. The number of sulfonamides is 1. The van der Waals surface area contributed by atoms with E-state index in [1.165, 1.54) is 12.1 Å². The molecule has 8 nitrogen and oxygen atoms in total. The van der Waals surface area contributed by atoms with Crippen molar-refractivity contribution in [3.05, 3.63) is 71.7 Å². The number of nitrogens with zero attached hydrogens (tertiary/aromatic N) is 4. The van der Waals surface area contributed by atoms with Crippen LogP contribution in [0.5, 0.6) is 0 Å². The number of alkyl halides is 3. The lowest BCUT2D eigenvalue weighted by Crippen LogP contribution is -2.13. The predicted octanol–water partition coefficient (Wildman–Crippen LogP) is 4.73. The van der Waals surface area contributed by atoms with E-state index in [0.717, 1.165) is 30.0 Å². The predicted molar refractivity (Wildman–Crippen MR) is 119 cm³/mol. The number of nitrogens with one attached hydrogen (secondary N) is 2. The fraction of sp³-hybridized carbons (Fsp3) is 0.150. The Kier molecular flexibility index (Phi) is 6.52. The number of hydrogen-bond donors (Lipinski definition) is 2. The summed E-state index contributed by atoms with van der Waals surface area (Å²) in [6.45, 7) is 3.56. The highest BCUT2D eigenvalue weighted by Crippen LogP contribution is 2.30. The molecule has 0 bridgehead atoms. The van der Waals surface area contributed by atoms with Crippen molar-refractivity contribution in [2.75, 3.05) is 10.0 Å². The Hall–Kier alpha value is -3.38. The standard InChI is InChI=1S/C20H17F3N6O2S.ClH/c1-12-11-18(29-19(24-12)25-13(2)27-29)26-15-7-9-17(10-8-15)32(30,31)28-16-5-3-14(4-6-16)20(21,22)23;/h3-11,26,28H,1-2H3;1H. The van der Waals surface area contributed by atoms with Crippen molar-refractivity contribution in [3.63, 3.8) is 0 Å². The minimum absolute atomic E-state index is 0. The highest BCUT2D eigenvalue weighted by molar-refractivity contribution is 7.92. The molecule has 4 rings (SSSR count). The molecule has 4 aromatic rings. The second-order valence-electron chi connectivity index (χ2n) is 6.98. The smallest absolute Gasteiger partial charge is 0.340 e. The average molecular weight is 499 g/mol. The second kappa shape index (κ2) is 8.87. The fourth-order valence-electron chi connectivity index (χ4n) is 2.98. The second-order valence-corrected chi connectivity index (χ2v) is 8.67. The Morgan fingerprint density at radius 3 is 2.12 bits per heavy atom. The van der Waals surface area contributed by atoms with E-state index in [2.05, 4.69) is 25.1 Å². The van der Waals surface area contributed by atoms with E-state index in [9.17, 15) is 21.6 Å². The van der Waals surface area contributed by atoms with Gasteiger partial charge in [-0.3, -0.25) is 4.72 Å². The first-order chi connectivity index (χ1) is 15.0. The maximum Gasteiger partial charge on any atom is 0.416 e. The molecule has 0 saturated carbocycles. The van der Waals surface area contributed by atoms with Crippen LogP contribution < -0.4 is 10.0 Å². The molecular formula is C20H18ClF3N6O2S. The van der Waals surface area contributed by atoms with Gasteiger partial charge in [0.05, 0.1) is 10.5 Å². The van der Waals surface area contributed by atoms with Crippen LogP contribution in [-0.2, 0) is 16.2 Å². The average Bonchev–Trinajstić information content (AvgIpc) is 3.08. The first-order valence-corrected chi connectivity index (χ1v) is 10.8. The van der Waals surface area contributed by atoms with Gasteiger partial charge in [-0.1, -0.05) is 0 Å². The lowest BCUT2D eigenvalue weighted by Gasteiger charge is -2.12. The first-order valence-electron chi connectivity index (χ1n) is 9.29. The Bertz CT molecular complexity index is 1390. The number of aromatic nitrogens is 4. The first kappa shape index (κ1) is 24.3. The van der Waals surface area contributed by atoms with E-state index in [-0.39, 0.29) is 23.0 Å². The molecule has 0 fully saturated rings. The van der Waals surface area contributed by atoms with Crippen LogP contribution in [0, 0.1) is 13.8 Å². The van der Waals surface area contributed by atoms with Crippen LogP contribution in [0.1, 0.15) is 17.1 Å². The number of hydrogen-bond acceptors (Lipinski definition) is 6. The van der Waals surface area contributed by atoms with E-state index in [1.807, 2.05) is 6.92 Å². The van der Waals surface area contributed by atoms with E-state index in [1.54, 1.807) is 29.6 Å². The lowest BCUT2D eigenvalue weighted by atomic mass is 10.2. The number of halogens is 4. The van der Waals surface area contributed by atoms with Crippen LogP contribution in [0.15, 0.2) is 59.5 Å². The Labute approximate surface area is 193 Å². The van der Waals surface area contributed by atoms with Crippen LogP contribution in [-0.4, -0.2) is 28.0 Å². The van der Waals surface area contributed by atoms with Crippen molar-refractivity contribution in [1.29, 1.82) is 0 Å². The fourth-order valence-corrected chi connectivity index (χ4v) is 4.04. The molecule has 33 heavy (non-hydrogen) atoms. The molecule has 0 saturated heterocycles. The van der Waals surface area contributed by atoms with Crippen molar-refractivity contribution in [1.82, 2.24) is 19.6 Å². The van der Waals surface area contributed by atoms with Crippen molar-refractivity contribution < 1.29 is 21.6 Å². The van der Waals surface area contributed by atoms with Gasteiger partial charge in [0.25, 0.3) is 15.8 Å². The molecule has 0 atom stereocenters. The number of benzene rings is 2. The van der Waals surface area contributed by atoms with E-state index in [4.69, 9.17) is 0 Å². The lowest BCUT2D eigenvalue weighted by molar-refractivity contribution is -0.137. The zero-order chi connectivity index (χ0) is 23.1. The van der Waals surface area contributed by atoms with Crippen LogP contribution in [0.4, 0.5) is 30.4 Å². The molecule has 0 amide bonds. The minimum atomic E-state index is -4.50. The van der Waals surface area contributed by atoms with Crippen molar-refractivity contribution in [3.8, 4) is 0 Å². The SMILES string of the molecule is Cc1cc(Nc2ccc(S(=O)(=O)Nc3ccc(C(F)(F)F)cc3)cc2)n2nc(C)nc2n1.Cl. The van der Waals surface area contributed by atoms with Gasteiger partial charge in [-0.25, -0.2) is 13.4 Å². The summed E-state index contributed by atoms with van der Waals surface area (Å²) in [4.78, 5) is 8.49. The van der Waals surface area contributed by atoms with Crippen LogP contribution in [0.25, 0.3) is 5.78 Å². The van der Waals surface area contributed by atoms with Crippen LogP contribution >= 0.6 is 12.4 Å². The maximum atomic E-state index is 12.7. The maximum absolute atomic E-state index is 12.7. The molecule has 0 aliphatic heterocycles. The number of anilines is 3. The third-order valence-corrected chi connectivity index (χ3v) is 5.84. The highest BCUT2D eigenvalue weighted by atomic mass is 35.5. The van der Waals surface area contributed by atoms with Gasteiger partial charge in [-0.15, -0.1) is 17.5 Å². The molecule has 0 unspecified atom stereocenters. The molecule has 0 spiro atoms. The summed E-state index contributed by atoms with van der Waals surface area (Å²) in [7, 11) is -3.99. The van der Waals surface area contributed by atoms with Crippen molar-refractivity contribution in [2.45, 2.75) is 24.9 Å². The molecule has 2 N–H and O–H groups in total. The van der Waals surface area contributed by atoms with Gasteiger partial charge in [0.15, 0.2) is 0 Å². The molecular weight excluding hydrogens is 481 g/mol. The third kappa shape index (κ3) is 5.34. The van der Waals surface area contributed by atoms with Gasteiger partial charge in [0.1, 0.15) is 11.6 Å². The molecule has 13 heteroatoms. The molecule has 2 aromatic carbocycles. The highest BCUT2D eigenvalue weighted by Gasteiger charge is 2.30. The third-order valence-electron chi connectivity index (χ3n) is 4.45. The van der Waals surface area contributed by atoms with Gasteiger partial charge in [0.2, 0.25) is 0 Å². The Morgan fingerprint density at radius 1 is 0.909 bits per heavy atom. The number of aryl methyl sites for hydroxylation is 2. The van der Waals surface area contributed by atoms with Crippen molar-refractivity contribution >= 4 is 45.4 Å². The summed E-state index contributed by atoms with van der Waals surface area (Å²) in [5.41, 5.74) is 0.487. The largest absolute Gasteiger partial charge is 0.416 e. The quantitative estimate of drug-likeness (QED) is 0.412. The summed E-state index contributed by atoms with van der Waals surface area (Å²) in [5, 5.41) is 7.43.